The van der Waals surface area contributed by atoms with Crippen molar-refractivity contribution in [1.82, 2.24) is 20.6 Å². The standard InChI is InChI=1S/C28H26N6O4S/c1-15-20(10-11-22(30-15)38-19-6-4-3-5-7-19)34-21-12-13-29-27-23(21)24(33-28(34)37)25(39-27)26(36)32-18-9-8-17(14-18)31-16(2)35/h3-7,10-13,17-18H,8-9,14H2,1-2H3,(H,31,35)(H,32,36)(H,33,37)/t17-,18-/m0/s1. The highest BCUT2D eigenvalue weighted by atomic mass is 32.1. The predicted octanol–water partition coefficient (Wildman–Crippen LogP) is 5.26. The van der Waals surface area contributed by atoms with Crippen LogP contribution in [0.3, 0.4) is 0 Å². The van der Waals surface area contributed by atoms with Crippen LogP contribution in [-0.2, 0) is 4.79 Å². The van der Waals surface area contributed by atoms with E-state index in [1.165, 1.54) is 18.3 Å². The molecule has 10 nitrogen and oxygen atoms in total. The Morgan fingerprint density at radius 3 is 2.56 bits per heavy atom. The van der Waals surface area contributed by atoms with Crippen molar-refractivity contribution in [2.45, 2.75) is 45.2 Å². The summed E-state index contributed by atoms with van der Waals surface area (Å²) < 4.78 is 5.85. The summed E-state index contributed by atoms with van der Waals surface area (Å²) in [5.41, 5.74) is 2.29. The average molecular weight is 543 g/mol. The van der Waals surface area contributed by atoms with E-state index < -0.39 is 6.03 Å². The van der Waals surface area contributed by atoms with E-state index in [0.717, 1.165) is 12.8 Å². The van der Waals surface area contributed by atoms with Gasteiger partial charge in [-0.15, -0.1) is 11.3 Å². The molecule has 4 heterocycles. The molecule has 3 N–H and O–H groups in total. The number of hydrogen-bond acceptors (Lipinski definition) is 7. The number of nitrogens with zero attached hydrogens (tertiary/aromatic N) is 3. The topological polar surface area (TPSA) is 126 Å². The largest absolute Gasteiger partial charge is 0.439 e. The van der Waals surface area contributed by atoms with Crippen molar-refractivity contribution in [3.8, 4) is 11.6 Å². The lowest BCUT2D eigenvalue weighted by Gasteiger charge is -2.29. The molecule has 2 aliphatic rings. The van der Waals surface area contributed by atoms with Crippen molar-refractivity contribution < 1.29 is 19.1 Å². The van der Waals surface area contributed by atoms with Gasteiger partial charge >= 0.3 is 6.03 Å². The Morgan fingerprint density at radius 1 is 1.05 bits per heavy atom. The Balaban J connectivity index is 1.28. The third kappa shape index (κ3) is 4.76. The van der Waals surface area contributed by atoms with Crippen molar-refractivity contribution in [1.29, 1.82) is 0 Å². The van der Waals surface area contributed by atoms with E-state index in [2.05, 4.69) is 25.9 Å². The maximum atomic E-state index is 13.5. The Hall–Kier alpha value is -4.51. The summed E-state index contributed by atoms with van der Waals surface area (Å²) >= 11 is 1.24. The van der Waals surface area contributed by atoms with Gasteiger partial charge in [-0.25, -0.2) is 14.8 Å². The number of anilines is 3. The molecule has 1 aliphatic carbocycles. The molecule has 1 saturated carbocycles. The fourth-order valence-electron chi connectivity index (χ4n) is 5.20. The van der Waals surface area contributed by atoms with Crippen LogP contribution in [0.5, 0.6) is 11.6 Å². The van der Waals surface area contributed by atoms with E-state index in [-0.39, 0.29) is 23.9 Å². The van der Waals surface area contributed by atoms with Gasteiger partial charge in [-0.1, -0.05) is 18.2 Å². The van der Waals surface area contributed by atoms with Crippen molar-refractivity contribution >= 4 is 56.5 Å². The zero-order valence-corrected chi connectivity index (χ0v) is 22.2. The number of aromatic nitrogens is 2. The summed E-state index contributed by atoms with van der Waals surface area (Å²) in [4.78, 5) is 49.8. The molecule has 198 valence electrons. The van der Waals surface area contributed by atoms with Crippen LogP contribution in [0.15, 0.2) is 54.7 Å². The van der Waals surface area contributed by atoms with Gasteiger partial charge in [0.2, 0.25) is 11.8 Å². The zero-order chi connectivity index (χ0) is 27.1. The van der Waals surface area contributed by atoms with Crippen molar-refractivity contribution in [2.75, 3.05) is 10.2 Å². The van der Waals surface area contributed by atoms with E-state index in [1.54, 1.807) is 29.3 Å². The average Bonchev–Trinajstić information content (AvgIpc) is 3.50. The highest BCUT2D eigenvalue weighted by Crippen LogP contribution is 2.46. The lowest BCUT2D eigenvalue weighted by atomic mass is 10.1. The van der Waals surface area contributed by atoms with Crippen LogP contribution in [0.2, 0.25) is 0 Å². The van der Waals surface area contributed by atoms with E-state index in [0.29, 0.717) is 55.9 Å². The third-order valence-corrected chi connectivity index (χ3v) is 7.96. The molecule has 3 aromatic heterocycles. The van der Waals surface area contributed by atoms with Gasteiger partial charge in [0.05, 0.1) is 28.1 Å². The number of amides is 4. The van der Waals surface area contributed by atoms with Crippen LogP contribution in [0.25, 0.3) is 10.2 Å². The molecule has 6 rings (SSSR count). The van der Waals surface area contributed by atoms with Gasteiger partial charge in [-0.2, -0.15) is 0 Å². The fraction of sp³-hybridized carbons (Fsp3) is 0.250. The Kier molecular flexibility index (Phi) is 6.35. The molecule has 0 bridgehead atoms. The monoisotopic (exact) mass is 542 g/mol. The van der Waals surface area contributed by atoms with Gasteiger partial charge in [0.25, 0.3) is 5.91 Å². The fourth-order valence-corrected chi connectivity index (χ4v) is 6.22. The number of para-hydroxylation sites is 1. The number of aryl methyl sites for hydroxylation is 1. The van der Waals surface area contributed by atoms with Gasteiger partial charge in [-0.3, -0.25) is 14.5 Å². The molecule has 0 radical (unpaired) electrons. The molecule has 39 heavy (non-hydrogen) atoms. The summed E-state index contributed by atoms with van der Waals surface area (Å²) in [5.74, 6) is 0.750. The highest BCUT2D eigenvalue weighted by molar-refractivity contribution is 7.21. The minimum atomic E-state index is -0.393. The minimum absolute atomic E-state index is 0.0522. The number of ether oxygens (including phenoxy) is 1. The smallest absolute Gasteiger partial charge is 0.331 e. The predicted molar refractivity (Wildman–Crippen MR) is 149 cm³/mol. The quantitative estimate of drug-likeness (QED) is 0.305. The molecule has 0 spiro atoms. The number of carbonyl (C=O) groups excluding carboxylic acids is 3. The molecule has 0 unspecified atom stereocenters. The molecule has 2 atom stereocenters. The number of carbonyl (C=O) groups is 3. The van der Waals surface area contributed by atoms with E-state index >= 15 is 0 Å². The first-order valence-corrected chi connectivity index (χ1v) is 13.5. The van der Waals surface area contributed by atoms with Gasteiger partial charge in [-0.05, 0) is 50.5 Å². The van der Waals surface area contributed by atoms with Crippen molar-refractivity contribution in [3.63, 3.8) is 0 Å². The zero-order valence-electron chi connectivity index (χ0n) is 21.4. The highest BCUT2D eigenvalue weighted by Gasteiger charge is 2.35. The SMILES string of the molecule is CC(=O)N[C@H]1CC[C@H](NC(=O)c2sc3nccc4c3c2NC(=O)N4c2ccc(Oc3ccccc3)nc2C)C1. The third-order valence-electron chi connectivity index (χ3n) is 6.87. The van der Waals surface area contributed by atoms with Crippen LogP contribution >= 0.6 is 11.3 Å². The molecular weight excluding hydrogens is 516 g/mol. The molecule has 1 aromatic carbocycles. The van der Waals surface area contributed by atoms with Gasteiger partial charge in [0, 0.05) is 31.3 Å². The van der Waals surface area contributed by atoms with E-state index in [4.69, 9.17) is 4.74 Å². The van der Waals surface area contributed by atoms with Gasteiger partial charge < -0.3 is 20.7 Å². The van der Waals surface area contributed by atoms with Crippen LogP contribution < -0.4 is 25.6 Å². The Morgan fingerprint density at radius 2 is 1.82 bits per heavy atom. The minimum Gasteiger partial charge on any atom is -0.439 e. The normalized spacial score (nSPS) is 18.1. The van der Waals surface area contributed by atoms with E-state index in [9.17, 15) is 14.4 Å². The summed E-state index contributed by atoms with van der Waals surface area (Å²) in [6.45, 7) is 3.31. The van der Waals surface area contributed by atoms with Crippen molar-refractivity contribution in [2.24, 2.45) is 0 Å². The Labute approximate surface area is 228 Å². The number of nitrogens with one attached hydrogen (secondary N) is 3. The summed E-state index contributed by atoms with van der Waals surface area (Å²) in [6, 6.07) is 14.2. The van der Waals surface area contributed by atoms with Crippen molar-refractivity contribution in [3.05, 3.63) is 65.3 Å². The number of hydrogen-bond donors (Lipinski definition) is 3. The lowest BCUT2D eigenvalue weighted by Crippen LogP contribution is -2.37. The van der Waals surface area contributed by atoms with Gasteiger partial charge in [0.1, 0.15) is 15.5 Å². The first-order valence-electron chi connectivity index (χ1n) is 12.7. The molecule has 4 amide bonds. The van der Waals surface area contributed by atoms with Crippen LogP contribution in [-0.4, -0.2) is 39.9 Å². The number of rotatable bonds is 6. The molecule has 4 aromatic rings. The molecule has 11 heteroatoms. The first kappa shape index (κ1) is 24.8. The van der Waals surface area contributed by atoms with Crippen LogP contribution in [0, 0.1) is 6.92 Å². The maximum Gasteiger partial charge on any atom is 0.331 e. The number of thiophene rings is 1. The maximum absolute atomic E-state index is 13.5. The van der Waals surface area contributed by atoms with Crippen LogP contribution in [0.1, 0.15) is 41.6 Å². The molecule has 0 saturated heterocycles. The first-order chi connectivity index (χ1) is 18.9. The van der Waals surface area contributed by atoms with Crippen LogP contribution in [0.4, 0.5) is 21.9 Å². The summed E-state index contributed by atoms with van der Waals surface area (Å²) in [5, 5.41) is 9.62. The second-order valence-electron chi connectivity index (χ2n) is 9.63. The second-order valence-corrected chi connectivity index (χ2v) is 10.6. The number of urea groups is 1. The lowest BCUT2D eigenvalue weighted by molar-refractivity contribution is -0.119. The molecule has 1 aliphatic heterocycles. The summed E-state index contributed by atoms with van der Waals surface area (Å²) in [7, 11) is 0. The molecule has 1 fully saturated rings. The number of pyridine rings is 2. The Bertz CT molecular complexity index is 1600. The summed E-state index contributed by atoms with van der Waals surface area (Å²) in [6.07, 6.45) is 3.89. The van der Waals surface area contributed by atoms with Gasteiger partial charge in [0.15, 0.2) is 0 Å². The molecular formula is C28H26N6O4S. The van der Waals surface area contributed by atoms with E-state index in [1.807, 2.05) is 37.3 Å². The number of benzene rings is 1. The second kappa shape index (κ2) is 9.99.